The van der Waals surface area contributed by atoms with E-state index in [0.717, 1.165) is 90.6 Å². The van der Waals surface area contributed by atoms with Crippen LogP contribution in [0.4, 0.5) is 0 Å². The van der Waals surface area contributed by atoms with E-state index < -0.39 is 0 Å². The van der Waals surface area contributed by atoms with Crippen LogP contribution < -0.4 is 0 Å². The van der Waals surface area contributed by atoms with Crippen molar-refractivity contribution in [2.24, 2.45) is 5.92 Å². The SMILES string of the molecule is O=C(CCCc1cn[nH]c1)N1CCC(N2CCCC(C(=O)N3CCCC3)C2)CC1. The minimum Gasteiger partial charge on any atom is -0.343 e. The summed E-state index contributed by atoms with van der Waals surface area (Å²) in [6.07, 6.45) is 12.7. The van der Waals surface area contributed by atoms with Crippen molar-refractivity contribution in [3.05, 3.63) is 18.0 Å². The molecule has 0 bridgehead atoms. The number of aromatic amines is 1. The van der Waals surface area contributed by atoms with Crippen molar-refractivity contribution < 1.29 is 9.59 Å². The molecule has 1 aromatic heterocycles. The van der Waals surface area contributed by atoms with E-state index in [4.69, 9.17) is 0 Å². The summed E-state index contributed by atoms with van der Waals surface area (Å²) in [5, 5.41) is 6.77. The molecule has 0 radical (unpaired) electrons. The normalized spacial score (nSPS) is 24.2. The Bertz CT molecular complexity index is 663. The molecule has 0 spiro atoms. The first-order valence-corrected chi connectivity index (χ1v) is 11.5. The number of amides is 2. The molecule has 29 heavy (non-hydrogen) atoms. The van der Waals surface area contributed by atoms with Gasteiger partial charge in [0.1, 0.15) is 0 Å². The number of likely N-dealkylation sites (tertiary alicyclic amines) is 3. The molecule has 160 valence electrons. The van der Waals surface area contributed by atoms with E-state index in [1.54, 1.807) is 0 Å². The Hall–Kier alpha value is -1.89. The van der Waals surface area contributed by atoms with Crippen molar-refractivity contribution in [3.63, 3.8) is 0 Å². The lowest BCUT2D eigenvalue weighted by atomic mass is 9.93. The zero-order valence-corrected chi connectivity index (χ0v) is 17.5. The first kappa shape index (κ1) is 20.4. The van der Waals surface area contributed by atoms with Crippen LogP contribution in [0.25, 0.3) is 0 Å². The van der Waals surface area contributed by atoms with E-state index in [0.29, 0.717) is 18.4 Å². The average Bonchev–Trinajstić information content (AvgIpc) is 3.48. The summed E-state index contributed by atoms with van der Waals surface area (Å²) in [6.45, 7) is 5.64. The number of hydrogen-bond donors (Lipinski definition) is 1. The Balaban J connectivity index is 1.19. The van der Waals surface area contributed by atoms with Crippen LogP contribution in [0.2, 0.25) is 0 Å². The largest absolute Gasteiger partial charge is 0.343 e. The molecule has 7 heteroatoms. The molecule has 1 atom stereocenters. The van der Waals surface area contributed by atoms with Crippen LogP contribution >= 0.6 is 0 Å². The van der Waals surface area contributed by atoms with Crippen molar-refractivity contribution >= 4 is 11.8 Å². The van der Waals surface area contributed by atoms with E-state index in [2.05, 4.69) is 20.0 Å². The molecule has 1 unspecified atom stereocenters. The van der Waals surface area contributed by atoms with Gasteiger partial charge in [-0.2, -0.15) is 5.10 Å². The molecule has 3 aliphatic heterocycles. The van der Waals surface area contributed by atoms with E-state index in [1.807, 2.05) is 17.3 Å². The van der Waals surface area contributed by atoms with Crippen molar-refractivity contribution in [2.75, 3.05) is 39.3 Å². The fourth-order valence-corrected chi connectivity index (χ4v) is 5.23. The predicted molar refractivity (Wildman–Crippen MR) is 111 cm³/mol. The number of carbonyl (C=O) groups is 2. The van der Waals surface area contributed by atoms with Gasteiger partial charge in [0.15, 0.2) is 0 Å². The average molecular weight is 402 g/mol. The number of nitrogens with one attached hydrogen (secondary N) is 1. The monoisotopic (exact) mass is 401 g/mol. The van der Waals surface area contributed by atoms with Gasteiger partial charge in [-0.05, 0) is 63.5 Å². The third-order valence-corrected chi connectivity index (χ3v) is 6.96. The summed E-state index contributed by atoms with van der Waals surface area (Å²) < 4.78 is 0. The molecule has 0 saturated carbocycles. The number of H-pyrrole nitrogens is 1. The van der Waals surface area contributed by atoms with E-state index in [-0.39, 0.29) is 11.8 Å². The molecule has 3 saturated heterocycles. The number of aromatic nitrogens is 2. The van der Waals surface area contributed by atoms with Crippen LogP contribution in [0.3, 0.4) is 0 Å². The molecule has 1 aromatic rings. The Kier molecular flexibility index (Phi) is 6.85. The van der Waals surface area contributed by atoms with E-state index in [1.165, 1.54) is 5.56 Å². The number of carbonyl (C=O) groups excluding carboxylic acids is 2. The standard InChI is InChI=1S/C22H35N5O2/c28-21(7-3-5-18-15-23-24-16-18)25-13-8-20(9-14-25)27-12-4-6-19(17-27)22(29)26-10-1-2-11-26/h15-16,19-20H,1-14,17H2,(H,23,24). The minimum atomic E-state index is 0.185. The molecule has 4 heterocycles. The smallest absolute Gasteiger partial charge is 0.226 e. The van der Waals surface area contributed by atoms with Crippen molar-refractivity contribution in [1.82, 2.24) is 24.9 Å². The first-order chi connectivity index (χ1) is 14.2. The molecule has 2 amide bonds. The second kappa shape index (κ2) is 9.74. The van der Waals surface area contributed by atoms with Gasteiger partial charge < -0.3 is 9.80 Å². The van der Waals surface area contributed by atoms with Crippen molar-refractivity contribution in [3.8, 4) is 0 Å². The van der Waals surface area contributed by atoms with Crippen LogP contribution in [-0.4, -0.2) is 82.0 Å². The minimum absolute atomic E-state index is 0.185. The molecule has 0 aliphatic carbocycles. The third kappa shape index (κ3) is 5.18. The van der Waals surface area contributed by atoms with Gasteiger partial charge in [-0.25, -0.2) is 0 Å². The van der Waals surface area contributed by atoms with Crippen molar-refractivity contribution in [2.45, 2.75) is 63.8 Å². The number of piperidine rings is 2. The lowest BCUT2D eigenvalue weighted by Gasteiger charge is -2.42. The summed E-state index contributed by atoms with van der Waals surface area (Å²) in [6, 6.07) is 0.527. The maximum atomic E-state index is 12.8. The highest BCUT2D eigenvalue weighted by molar-refractivity contribution is 5.79. The Morgan fingerprint density at radius 1 is 1.00 bits per heavy atom. The van der Waals surface area contributed by atoms with Crippen LogP contribution in [0.15, 0.2) is 12.4 Å². The molecule has 3 fully saturated rings. The maximum absolute atomic E-state index is 12.8. The van der Waals surface area contributed by atoms with Crippen LogP contribution in [-0.2, 0) is 16.0 Å². The molecule has 1 N–H and O–H groups in total. The third-order valence-electron chi connectivity index (χ3n) is 6.96. The lowest BCUT2D eigenvalue weighted by molar-refractivity contribution is -0.136. The van der Waals surface area contributed by atoms with Gasteiger partial charge in [0.05, 0.1) is 12.1 Å². The Morgan fingerprint density at radius 2 is 1.79 bits per heavy atom. The molecule has 4 rings (SSSR count). The molecular formula is C22H35N5O2. The van der Waals surface area contributed by atoms with Crippen LogP contribution in [0.1, 0.15) is 56.9 Å². The van der Waals surface area contributed by atoms with Crippen molar-refractivity contribution in [1.29, 1.82) is 0 Å². The van der Waals surface area contributed by atoms with Gasteiger partial charge in [0.25, 0.3) is 0 Å². The Labute approximate surface area is 173 Å². The highest BCUT2D eigenvalue weighted by atomic mass is 16.2. The number of nitrogens with zero attached hydrogens (tertiary/aromatic N) is 4. The molecule has 0 aromatic carbocycles. The lowest BCUT2D eigenvalue weighted by Crippen LogP contribution is -2.51. The van der Waals surface area contributed by atoms with E-state index >= 15 is 0 Å². The van der Waals surface area contributed by atoms with Gasteiger partial charge in [0, 0.05) is 51.4 Å². The van der Waals surface area contributed by atoms with Crippen LogP contribution in [0.5, 0.6) is 0 Å². The number of aryl methyl sites for hydroxylation is 1. The zero-order chi connectivity index (χ0) is 20.1. The first-order valence-electron chi connectivity index (χ1n) is 11.5. The Morgan fingerprint density at radius 3 is 2.52 bits per heavy atom. The fourth-order valence-electron chi connectivity index (χ4n) is 5.23. The second-order valence-corrected chi connectivity index (χ2v) is 8.94. The van der Waals surface area contributed by atoms with Crippen LogP contribution in [0, 0.1) is 5.92 Å². The van der Waals surface area contributed by atoms with Gasteiger partial charge in [0.2, 0.25) is 11.8 Å². The summed E-state index contributed by atoms with van der Waals surface area (Å²) >= 11 is 0. The summed E-state index contributed by atoms with van der Waals surface area (Å²) in [4.78, 5) is 32.0. The maximum Gasteiger partial charge on any atom is 0.226 e. The van der Waals surface area contributed by atoms with Gasteiger partial charge in [-0.3, -0.25) is 19.6 Å². The predicted octanol–water partition coefficient (Wildman–Crippen LogP) is 2.06. The van der Waals surface area contributed by atoms with Gasteiger partial charge in [-0.1, -0.05) is 0 Å². The highest BCUT2D eigenvalue weighted by Gasteiger charge is 2.34. The summed E-state index contributed by atoms with van der Waals surface area (Å²) in [5.74, 6) is 0.856. The van der Waals surface area contributed by atoms with E-state index in [9.17, 15) is 9.59 Å². The second-order valence-electron chi connectivity index (χ2n) is 8.94. The number of rotatable bonds is 6. The van der Waals surface area contributed by atoms with Gasteiger partial charge >= 0.3 is 0 Å². The number of hydrogen-bond acceptors (Lipinski definition) is 4. The molecule has 7 nitrogen and oxygen atoms in total. The highest BCUT2D eigenvalue weighted by Crippen LogP contribution is 2.26. The topological polar surface area (TPSA) is 72.5 Å². The van der Waals surface area contributed by atoms with Gasteiger partial charge in [-0.15, -0.1) is 0 Å². The summed E-state index contributed by atoms with van der Waals surface area (Å²) in [5.41, 5.74) is 1.17. The quantitative estimate of drug-likeness (QED) is 0.792. The zero-order valence-electron chi connectivity index (χ0n) is 17.5. The summed E-state index contributed by atoms with van der Waals surface area (Å²) in [7, 11) is 0. The fraction of sp³-hybridized carbons (Fsp3) is 0.773. The molecular weight excluding hydrogens is 366 g/mol. The molecule has 3 aliphatic rings.